The zero-order valence-electron chi connectivity index (χ0n) is 16.1. The molecule has 6 nitrogen and oxygen atoms in total. The molecule has 150 valence electrons. The van der Waals surface area contributed by atoms with Gasteiger partial charge in [-0.05, 0) is 57.7 Å². The van der Waals surface area contributed by atoms with Gasteiger partial charge in [-0.15, -0.1) is 0 Å². The van der Waals surface area contributed by atoms with Crippen molar-refractivity contribution in [2.45, 2.75) is 46.1 Å². The molecule has 3 rings (SSSR count). The van der Waals surface area contributed by atoms with Gasteiger partial charge in [-0.1, -0.05) is 23.2 Å². The van der Waals surface area contributed by atoms with E-state index >= 15 is 0 Å². The monoisotopic (exact) mass is 423 g/mol. The van der Waals surface area contributed by atoms with Crippen LogP contribution in [0.3, 0.4) is 0 Å². The van der Waals surface area contributed by atoms with Crippen molar-refractivity contribution in [2.24, 2.45) is 5.92 Å². The first kappa shape index (κ1) is 20.7. The number of amides is 1. The van der Waals surface area contributed by atoms with Gasteiger partial charge in [-0.2, -0.15) is 5.10 Å². The van der Waals surface area contributed by atoms with E-state index < -0.39 is 5.97 Å². The molecule has 1 amide bonds. The first-order chi connectivity index (χ1) is 13.3. The maximum absolute atomic E-state index is 12.2. The molecule has 1 fully saturated rings. The largest absolute Gasteiger partial charge is 0.455 e. The molecule has 1 N–H and O–H groups in total. The van der Waals surface area contributed by atoms with E-state index in [1.807, 2.05) is 20.8 Å². The Labute approximate surface area is 174 Å². The van der Waals surface area contributed by atoms with Crippen LogP contribution in [0.4, 0.5) is 0 Å². The van der Waals surface area contributed by atoms with Crippen molar-refractivity contribution in [2.75, 3.05) is 6.61 Å². The van der Waals surface area contributed by atoms with E-state index in [9.17, 15) is 9.59 Å². The predicted octanol–water partition coefficient (Wildman–Crippen LogP) is 3.80. The highest BCUT2D eigenvalue weighted by Gasteiger charge is 2.29. The third kappa shape index (κ3) is 4.86. The van der Waals surface area contributed by atoms with E-state index in [0.717, 1.165) is 29.8 Å². The summed E-state index contributed by atoms with van der Waals surface area (Å²) in [6, 6.07) is 5.35. The van der Waals surface area contributed by atoms with Crippen molar-refractivity contribution in [3.8, 4) is 5.69 Å². The number of carbonyl (C=O) groups is 2. The van der Waals surface area contributed by atoms with Crippen LogP contribution in [0.5, 0.6) is 0 Å². The minimum Gasteiger partial charge on any atom is -0.455 e. The Kier molecular flexibility index (Phi) is 6.30. The lowest BCUT2D eigenvalue weighted by Gasteiger charge is -2.12. The van der Waals surface area contributed by atoms with E-state index in [0.29, 0.717) is 21.7 Å². The summed E-state index contributed by atoms with van der Waals surface area (Å²) in [6.07, 6.45) is 2.33. The molecular weight excluding hydrogens is 401 g/mol. The highest BCUT2D eigenvalue weighted by atomic mass is 35.5. The molecule has 1 aromatic carbocycles. The number of esters is 1. The minimum absolute atomic E-state index is 0.0461. The minimum atomic E-state index is -0.464. The molecule has 0 unspecified atom stereocenters. The molecule has 0 saturated heterocycles. The molecule has 0 radical (unpaired) electrons. The smallest absolute Gasteiger partial charge is 0.310 e. The normalized spacial score (nSPS) is 14.6. The zero-order valence-corrected chi connectivity index (χ0v) is 17.6. The van der Waals surface area contributed by atoms with Crippen molar-refractivity contribution in [3.05, 3.63) is 45.2 Å². The van der Waals surface area contributed by atoms with Crippen LogP contribution < -0.4 is 5.32 Å². The summed E-state index contributed by atoms with van der Waals surface area (Å²) in [4.78, 5) is 24.1. The second-order valence-corrected chi connectivity index (χ2v) is 8.01. The lowest BCUT2D eigenvalue weighted by atomic mass is 10.1. The maximum atomic E-state index is 12.2. The number of nitrogens with zero attached hydrogens (tertiary/aromatic N) is 2. The van der Waals surface area contributed by atoms with Gasteiger partial charge in [-0.3, -0.25) is 9.59 Å². The molecule has 1 atom stereocenters. The first-order valence-electron chi connectivity index (χ1n) is 9.21. The predicted molar refractivity (Wildman–Crippen MR) is 108 cm³/mol. The van der Waals surface area contributed by atoms with Crippen LogP contribution in [0.25, 0.3) is 5.69 Å². The highest BCUT2D eigenvalue weighted by Crippen LogP contribution is 2.32. The zero-order chi connectivity index (χ0) is 20.4. The van der Waals surface area contributed by atoms with Gasteiger partial charge in [0.25, 0.3) is 5.91 Å². The van der Waals surface area contributed by atoms with Gasteiger partial charge in [0.15, 0.2) is 6.61 Å². The third-order valence-electron chi connectivity index (χ3n) is 4.99. The molecule has 0 aliphatic heterocycles. The molecule has 8 heteroatoms. The number of rotatable bonds is 7. The summed E-state index contributed by atoms with van der Waals surface area (Å²) >= 11 is 12.1. The lowest BCUT2D eigenvalue weighted by Crippen LogP contribution is -2.37. The number of carbonyl (C=O) groups excluding carboxylic acids is 2. The summed E-state index contributed by atoms with van der Waals surface area (Å²) in [5.74, 6) is -0.182. The lowest BCUT2D eigenvalue weighted by molar-refractivity contribution is -0.148. The standard InChI is InChI=1S/C20H23Cl2N3O3/c1-11(14-4-5-14)23-19(26)10-28-20(27)9-16-12(2)24-25(13(16)3)15-6-7-17(21)18(22)8-15/h6-8,11,14H,4-5,9-10H2,1-3H3,(H,23,26)/t11-/m1/s1. The summed E-state index contributed by atoms with van der Waals surface area (Å²) in [7, 11) is 0. The molecule has 0 spiro atoms. The third-order valence-corrected chi connectivity index (χ3v) is 5.73. The fraction of sp³-hybridized carbons (Fsp3) is 0.450. The number of benzene rings is 1. The quantitative estimate of drug-likeness (QED) is 0.687. The van der Waals surface area contributed by atoms with E-state index in [1.165, 1.54) is 0 Å². The van der Waals surface area contributed by atoms with Gasteiger partial charge in [-0.25, -0.2) is 4.68 Å². The number of hydrogen-bond donors (Lipinski definition) is 1. The molecule has 28 heavy (non-hydrogen) atoms. The number of ether oxygens (including phenoxy) is 1. The molecule has 1 aliphatic rings. The summed E-state index contributed by atoms with van der Waals surface area (Å²) < 4.78 is 6.85. The number of hydrogen-bond acceptors (Lipinski definition) is 4. The van der Waals surface area contributed by atoms with E-state index in [2.05, 4.69) is 10.4 Å². The van der Waals surface area contributed by atoms with Crippen molar-refractivity contribution in [1.29, 1.82) is 0 Å². The fourth-order valence-corrected chi connectivity index (χ4v) is 3.44. The van der Waals surface area contributed by atoms with Gasteiger partial charge < -0.3 is 10.1 Å². The Morgan fingerprint density at radius 1 is 1.29 bits per heavy atom. The SMILES string of the molecule is Cc1nn(-c2ccc(Cl)c(Cl)c2)c(C)c1CC(=O)OCC(=O)N[C@H](C)C1CC1. The molecule has 1 aliphatic carbocycles. The Balaban J connectivity index is 1.62. The molecule has 2 aromatic rings. The number of aryl methyl sites for hydroxylation is 1. The van der Waals surface area contributed by atoms with Crippen LogP contribution in [0.15, 0.2) is 18.2 Å². The number of aromatic nitrogens is 2. The van der Waals surface area contributed by atoms with Crippen LogP contribution in [-0.4, -0.2) is 34.3 Å². The Bertz CT molecular complexity index is 906. The van der Waals surface area contributed by atoms with Crippen LogP contribution in [0, 0.1) is 19.8 Å². The second kappa shape index (κ2) is 8.53. The van der Waals surface area contributed by atoms with Gasteiger partial charge >= 0.3 is 5.97 Å². The Morgan fingerprint density at radius 3 is 2.64 bits per heavy atom. The first-order valence-corrected chi connectivity index (χ1v) is 9.97. The summed E-state index contributed by atoms with van der Waals surface area (Å²) in [5.41, 5.74) is 3.04. The molecular formula is C20H23Cl2N3O3. The van der Waals surface area contributed by atoms with Crippen molar-refractivity contribution in [1.82, 2.24) is 15.1 Å². The molecule has 1 saturated carbocycles. The fourth-order valence-electron chi connectivity index (χ4n) is 3.15. The molecule has 1 aromatic heterocycles. The average Bonchev–Trinajstić information content (AvgIpc) is 3.45. The van der Waals surface area contributed by atoms with E-state index in [1.54, 1.807) is 22.9 Å². The van der Waals surface area contributed by atoms with E-state index in [4.69, 9.17) is 27.9 Å². The second-order valence-electron chi connectivity index (χ2n) is 7.19. The summed E-state index contributed by atoms with van der Waals surface area (Å²) in [6.45, 7) is 5.40. The number of nitrogens with one attached hydrogen (secondary N) is 1. The summed E-state index contributed by atoms with van der Waals surface area (Å²) in [5, 5.41) is 8.25. The van der Waals surface area contributed by atoms with Gasteiger partial charge in [0, 0.05) is 17.3 Å². The van der Waals surface area contributed by atoms with Crippen molar-refractivity contribution < 1.29 is 14.3 Å². The highest BCUT2D eigenvalue weighted by molar-refractivity contribution is 6.42. The van der Waals surface area contributed by atoms with E-state index in [-0.39, 0.29) is 25.0 Å². The van der Waals surface area contributed by atoms with Gasteiger partial charge in [0.05, 0.1) is 27.8 Å². The van der Waals surface area contributed by atoms with Gasteiger partial charge in [0.1, 0.15) is 0 Å². The molecule has 0 bridgehead atoms. The molecule has 1 heterocycles. The van der Waals surface area contributed by atoms with Crippen molar-refractivity contribution in [3.63, 3.8) is 0 Å². The topological polar surface area (TPSA) is 73.2 Å². The van der Waals surface area contributed by atoms with Crippen LogP contribution in [0.1, 0.15) is 36.7 Å². The van der Waals surface area contributed by atoms with Crippen LogP contribution in [-0.2, 0) is 20.7 Å². The maximum Gasteiger partial charge on any atom is 0.310 e. The van der Waals surface area contributed by atoms with Crippen LogP contribution in [0.2, 0.25) is 10.0 Å². The van der Waals surface area contributed by atoms with Gasteiger partial charge in [0.2, 0.25) is 0 Å². The Morgan fingerprint density at radius 2 is 2.00 bits per heavy atom. The Hall–Kier alpha value is -2.05. The average molecular weight is 424 g/mol. The van der Waals surface area contributed by atoms with Crippen molar-refractivity contribution >= 4 is 35.1 Å². The number of halogens is 2. The van der Waals surface area contributed by atoms with Crippen LogP contribution >= 0.6 is 23.2 Å².